The summed E-state index contributed by atoms with van der Waals surface area (Å²) in [5.74, 6) is -0.0677. The molecule has 6 heteroatoms. The van der Waals surface area contributed by atoms with Crippen molar-refractivity contribution < 1.29 is 4.79 Å². The van der Waals surface area contributed by atoms with Gasteiger partial charge in [0.05, 0.1) is 12.2 Å². The zero-order valence-corrected chi connectivity index (χ0v) is 8.34. The summed E-state index contributed by atoms with van der Waals surface area (Å²) in [6.07, 6.45) is 1.50. The number of aromatic nitrogens is 2. The van der Waals surface area contributed by atoms with Gasteiger partial charge in [0.1, 0.15) is 5.00 Å². The number of anilines is 1. The van der Waals surface area contributed by atoms with Gasteiger partial charge in [-0.25, -0.2) is 0 Å². The van der Waals surface area contributed by atoms with Gasteiger partial charge in [-0.2, -0.15) is 0 Å². The molecule has 0 aliphatic rings. The van der Waals surface area contributed by atoms with E-state index in [2.05, 4.69) is 14.9 Å². The lowest BCUT2D eigenvalue weighted by Crippen LogP contribution is -2.39. The molecule has 1 aromatic heterocycles. The Balaban J connectivity index is 2.51. The zero-order valence-electron chi connectivity index (χ0n) is 7.52. The number of carbonyl (C=O) groups is 1. The summed E-state index contributed by atoms with van der Waals surface area (Å²) < 4.78 is 3.62. The van der Waals surface area contributed by atoms with E-state index < -0.39 is 6.04 Å². The largest absolute Gasteiger partial charge is 0.320 e. The van der Waals surface area contributed by atoms with Crippen LogP contribution in [0.3, 0.4) is 0 Å². The summed E-state index contributed by atoms with van der Waals surface area (Å²) >= 11 is 1.13. The maximum Gasteiger partial charge on any atom is 0.242 e. The van der Waals surface area contributed by atoms with E-state index in [0.29, 0.717) is 5.00 Å². The van der Waals surface area contributed by atoms with Gasteiger partial charge in [-0.15, -0.1) is 5.10 Å². The van der Waals surface area contributed by atoms with Gasteiger partial charge in [0, 0.05) is 11.5 Å². The third-order valence-electron chi connectivity index (χ3n) is 1.63. The minimum atomic E-state index is -0.484. The van der Waals surface area contributed by atoms with Crippen LogP contribution in [0.4, 0.5) is 5.00 Å². The Morgan fingerprint density at radius 3 is 2.85 bits per heavy atom. The summed E-state index contributed by atoms with van der Waals surface area (Å²) in [6.45, 7) is 3.80. The first-order valence-corrected chi connectivity index (χ1v) is 4.72. The molecular weight excluding hydrogens is 188 g/mol. The molecular formula is C7H12N4OS. The first-order chi connectivity index (χ1) is 6.11. The molecule has 13 heavy (non-hydrogen) atoms. The number of carbonyl (C=O) groups excluding carboxylic acids is 1. The standard InChI is InChI=1S/C7H12N4OS/c1-4(2)6(8)7(12)10-5-3-9-11-13-5/h3-4,6H,8H2,1-2H3,(H,10,12)/t6-/m1/s1. The molecule has 3 N–H and O–H groups in total. The van der Waals surface area contributed by atoms with Crippen molar-refractivity contribution in [2.24, 2.45) is 11.7 Å². The van der Waals surface area contributed by atoms with Crippen molar-refractivity contribution in [2.75, 3.05) is 5.32 Å². The molecule has 0 saturated heterocycles. The zero-order chi connectivity index (χ0) is 9.84. The van der Waals surface area contributed by atoms with Gasteiger partial charge < -0.3 is 11.1 Å². The van der Waals surface area contributed by atoms with E-state index in [9.17, 15) is 4.79 Å². The summed E-state index contributed by atoms with van der Waals surface area (Å²) in [7, 11) is 0. The van der Waals surface area contributed by atoms with Crippen LogP contribution in [0.2, 0.25) is 0 Å². The number of rotatable bonds is 3. The van der Waals surface area contributed by atoms with Gasteiger partial charge in [0.25, 0.3) is 0 Å². The minimum Gasteiger partial charge on any atom is -0.320 e. The number of amides is 1. The Bertz CT molecular complexity index is 272. The molecule has 1 aromatic rings. The fourth-order valence-electron chi connectivity index (χ4n) is 0.730. The highest BCUT2D eigenvalue weighted by atomic mass is 32.1. The monoisotopic (exact) mass is 200 g/mol. The van der Waals surface area contributed by atoms with E-state index in [1.165, 1.54) is 6.20 Å². The van der Waals surface area contributed by atoms with Crippen molar-refractivity contribution in [3.05, 3.63) is 6.20 Å². The summed E-state index contributed by atoms with van der Waals surface area (Å²) in [4.78, 5) is 11.4. The van der Waals surface area contributed by atoms with Gasteiger partial charge in [0.15, 0.2) is 0 Å². The Kier molecular flexibility index (Phi) is 3.32. The van der Waals surface area contributed by atoms with E-state index in [1.807, 2.05) is 13.8 Å². The molecule has 0 spiro atoms. The second kappa shape index (κ2) is 4.29. The van der Waals surface area contributed by atoms with Crippen molar-refractivity contribution in [3.8, 4) is 0 Å². The normalized spacial score (nSPS) is 12.9. The minimum absolute atomic E-state index is 0.126. The Morgan fingerprint density at radius 1 is 1.69 bits per heavy atom. The number of hydrogen-bond donors (Lipinski definition) is 2. The van der Waals surface area contributed by atoms with Crippen LogP contribution in [0.15, 0.2) is 6.20 Å². The summed E-state index contributed by atoms with van der Waals surface area (Å²) in [5, 5.41) is 6.85. The second-order valence-electron chi connectivity index (χ2n) is 3.04. The van der Waals surface area contributed by atoms with Crippen molar-refractivity contribution in [1.29, 1.82) is 0 Å². The molecule has 0 unspecified atom stereocenters. The lowest BCUT2D eigenvalue weighted by Gasteiger charge is -2.13. The average Bonchev–Trinajstić information content (AvgIpc) is 2.55. The predicted octanol–water partition coefficient (Wildman–Crippen LogP) is 0.460. The quantitative estimate of drug-likeness (QED) is 0.742. The maximum atomic E-state index is 11.4. The lowest BCUT2D eigenvalue weighted by atomic mass is 10.1. The molecule has 0 radical (unpaired) electrons. The smallest absolute Gasteiger partial charge is 0.242 e. The van der Waals surface area contributed by atoms with Crippen LogP contribution >= 0.6 is 11.5 Å². The van der Waals surface area contributed by atoms with Gasteiger partial charge in [-0.05, 0) is 5.92 Å². The van der Waals surface area contributed by atoms with Gasteiger partial charge in [-0.1, -0.05) is 18.3 Å². The van der Waals surface area contributed by atoms with Crippen molar-refractivity contribution >= 4 is 22.4 Å². The van der Waals surface area contributed by atoms with Gasteiger partial charge in [0.2, 0.25) is 5.91 Å². The number of nitrogens with two attached hydrogens (primary N) is 1. The second-order valence-corrected chi connectivity index (χ2v) is 3.83. The van der Waals surface area contributed by atoms with E-state index in [-0.39, 0.29) is 11.8 Å². The molecule has 0 aliphatic carbocycles. The van der Waals surface area contributed by atoms with Gasteiger partial charge >= 0.3 is 0 Å². The molecule has 0 aliphatic heterocycles. The first-order valence-electron chi connectivity index (χ1n) is 3.95. The van der Waals surface area contributed by atoms with Crippen LogP contribution in [0.5, 0.6) is 0 Å². The van der Waals surface area contributed by atoms with Crippen LogP contribution < -0.4 is 11.1 Å². The molecule has 0 bridgehead atoms. The SMILES string of the molecule is CC(C)[C@@H](N)C(=O)Nc1cnns1. The topological polar surface area (TPSA) is 80.9 Å². The van der Waals surface area contributed by atoms with Crippen LogP contribution in [0.25, 0.3) is 0 Å². The number of hydrogen-bond acceptors (Lipinski definition) is 5. The van der Waals surface area contributed by atoms with Gasteiger partial charge in [-0.3, -0.25) is 4.79 Å². The Morgan fingerprint density at radius 2 is 2.38 bits per heavy atom. The molecule has 5 nitrogen and oxygen atoms in total. The lowest BCUT2D eigenvalue weighted by molar-refractivity contribution is -0.118. The highest BCUT2D eigenvalue weighted by Gasteiger charge is 2.17. The van der Waals surface area contributed by atoms with E-state index >= 15 is 0 Å². The molecule has 0 saturated carbocycles. The fourth-order valence-corrected chi connectivity index (χ4v) is 1.15. The molecule has 1 rings (SSSR count). The third-order valence-corrected chi connectivity index (χ3v) is 2.21. The third kappa shape index (κ3) is 2.74. The van der Waals surface area contributed by atoms with E-state index in [1.54, 1.807) is 0 Å². The van der Waals surface area contributed by atoms with Crippen LogP contribution in [0.1, 0.15) is 13.8 Å². The summed E-state index contributed by atoms with van der Waals surface area (Å²) in [6, 6.07) is -0.484. The highest BCUT2D eigenvalue weighted by Crippen LogP contribution is 2.10. The Hall–Kier alpha value is -1.01. The number of nitrogens with zero attached hydrogens (tertiary/aromatic N) is 2. The molecule has 0 aromatic carbocycles. The van der Waals surface area contributed by atoms with E-state index in [0.717, 1.165) is 11.5 Å². The van der Waals surface area contributed by atoms with Crippen molar-refractivity contribution in [2.45, 2.75) is 19.9 Å². The predicted molar refractivity (Wildman–Crippen MR) is 51.4 cm³/mol. The highest BCUT2D eigenvalue weighted by molar-refractivity contribution is 7.10. The molecule has 0 fully saturated rings. The first kappa shape index (κ1) is 10.1. The van der Waals surface area contributed by atoms with Crippen LogP contribution in [-0.2, 0) is 4.79 Å². The average molecular weight is 200 g/mol. The van der Waals surface area contributed by atoms with Crippen LogP contribution in [0, 0.1) is 5.92 Å². The molecule has 1 heterocycles. The summed E-state index contributed by atoms with van der Waals surface area (Å²) in [5.41, 5.74) is 5.63. The molecule has 72 valence electrons. The van der Waals surface area contributed by atoms with E-state index in [4.69, 9.17) is 5.73 Å². The van der Waals surface area contributed by atoms with Crippen molar-refractivity contribution in [1.82, 2.24) is 9.59 Å². The Labute approximate surface area is 80.5 Å². The number of nitrogens with one attached hydrogen (secondary N) is 1. The molecule has 1 amide bonds. The molecule has 1 atom stereocenters. The maximum absolute atomic E-state index is 11.4. The van der Waals surface area contributed by atoms with Crippen LogP contribution in [-0.4, -0.2) is 21.5 Å². The van der Waals surface area contributed by atoms with Crippen molar-refractivity contribution in [3.63, 3.8) is 0 Å². The fraction of sp³-hybridized carbons (Fsp3) is 0.571.